The third kappa shape index (κ3) is 3.15. The number of nitrogens with one attached hydrogen (secondary N) is 2. The molecule has 1 atom stereocenters. The van der Waals surface area contributed by atoms with Gasteiger partial charge in [0.05, 0.1) is 13.2 Å². The van der Waals surface area contributed by atoms with Gasteiger partial charge in [-0.1, -0.05) is 12.1 Å². The summed E-state index contributed by atoms with van der Waals surface area (Å²) in [7, 11) is 1.64. The lowest BCUT2D eigenvalue weighted by molar-refractivity contribution is -0.118. The summed E-state index contributed by atoms with van der Waals surface area (Å²) in [4.78, 5) is 12.1. The Morgan fingerprint density at radius 3 is 2.74 bits per heavy atom. The molecule has 1 aromatic carbocycles. The van der Waals surface area contributed by atoms with Gasteiger partial charge in [-0.25, -0.2) is 0 Å². The highest BCUT2D eigenvalue weighted by Gasteiger charge is 2.17. The molecule has 1 aliphatic heterocycles. The fourth-order valence-corrected chi connectivity index (χ4v) is 1.97. The molecule has 1 aliphatic rings. The quantitative estimate of drug-likeness (QED) is 0.812. The van der Waals surface area contributed by atoms with Crippen LogP contribution in [0.1, 0.15) is 25.5 Å². The SMILES string of the molecule is COc1cccc(C(C)NC(=O)C(C)=C2CNC2)c1. The minimum absolute atomic E-state index is 0.00631. The molecule has 1 unspecified atom stereocenters. The Kier molecular flexibility index (Phi) is 4.22. The van der Waals surface area contributed by atoms with Crippen molar-refractivity contribution < 1.29 is 9.53 Å². The van der Waals surface area contributed by atoms with Crippen LogP contribution in [0.4, 0.5) is 0 Å². The number of methoxy groups -OCH3 is 1. The van der Waals surface area contributed by atoms with Crippen LogP contribution in [0.3, 0.4) is 0 Å². The van der Waals surface area contributed by atoms with Gasteiger partial charge < -0.3 is 15.4 Å². The molecule has 1 heterocycles. The van der Waals surface area contributed by atoms with E-state index in [4.69, 9.17) is 4.74 Å². The minimum atomic E-state index is -0.0359. The first kappa shape index (κ1) is 13.6. The van der Waals surface area contributed by atoms with Gasteiger partial charge in [-0.05, 0) is 37.1 Å². The van der Waals surface area contributed by atoms with Crippen LogP contribution in [0.5, 0.6) is 5.75 Å². The van der Waals surface area contributed by atoms with E-state index in [0.29, 0.717) is 0 Å². The molecule has 19 heavy (non-hydrogen) atoms. The molecule has 0 radical (unpaired) electrons. The van der Waals surface area contributed by atoms with Gasteiger partial charge in [0.1, 0.15) is 5.75 Å². The van der Waals surface area contributed by atoms with Crippen molar-refractivity contribution in [3.05, 3.63) is 41.0 Å². The van der Waals surface area contributed by atoms with Crippen LogP contribution in [0, 0.1) is 0 Å². The van der Waals surface area contributed by atoms with Crippen LogP contribution in [0.25, 0.3) is 0 Å². The number of hydrogen-bond donors (Lipinski definition) is 2. The van der Waals surface area contributed by atoms with Crippen LogP contribution >= 0.6 is 0 Å². The zero-order valence-corrected chi connectivity index (χ0v) is 11.6. The molecule has 0 saturated carbocycles. The molecule has 1 fully saturated rings. The molecule has 0 spiro atoms. The van der Waals surface area contributed by atoms with Crippen molar-refractivity contribution in [1.29, 1.82) is 0 Å². The van der Waals surface area contributed by atoms with Crippen molar-refractivity contribution in [1.82, 2.24) is 10.6 Å². The summed E-state index contributed by atoms with van der Waals surface area (Å²) >= 11 is 0. The van der Waals surface area contributed by atoms with Gasteiger partial charge in [0.25, 0.3) is 0 Å². The molecule has 0 bridgehead atoms. The molecule has 0 aliphatic carbocycles. The summed E-state index contributed by atoms with van der Waals surface area (Å²) in [5.74, 6) is 0.809. The molecule has 2 rings (SSSR count). The standard InChI is InChI=1S/C15H20N2O2/c1-10(13-8-16-9-13)15(18)17-11(2)12-5-4-6-14(7-12)19-3/h4-7,11,16H,8-9H2,1-3H3,(H,17,18). The molecular weight excluding hydrogens is 240 g/mol. The lowest BCUT2D eigenvalue weighted by Gasteiger charge is -2.23. The maximum Gasteiger partial charge on any atom is 0.247 e. The molecule has 1 amide bonds. The van der Waals surface area contributed by atoms with Crippen molar-refractivity contribution in [2.75, 3.05) is 20.2 Å². The molecule has 102 valence electrons. The van der Waals surface area contributed by atoms with Crippen LogP contribution in [0.2, 0.25) is 0 Å². The fourth-order valence-electron chi connectivity index (χ4n) is 1.97. The van der Waals surface area contributed by atoms with E-state index in [2.05, 4.69) is 10.6 Å². The number of benzene rings is 1. The molecule has 4 nitrogen and oxygen atoms in total. The average Bonchev–Trinajstić information content (AvgIpc) is 2.36. The van der Waals surface area contributed by atoms with E-state index in [1.54, 1.807) is 7.11 Å². The molecule has 2 N–H and O–H groups in total. The Hall–Kier alpha value is -1.81. The lowest BCUT2D eigenvalue weighted by Crippen LogP contribution is -2.38. The second-order valence-corrected chi connectivity index (χ2v) is 4.80. The fraction of sp³-hybridized carbons (Fsp3) is 0.400. The Morgan fingerprint density at radius 1 is 1.42 bits per heavy atom. The van der Waals surface area contributed by atoms with Gasteiger partial charge in [0.15, 0.2) is 0 Å². The van der Waals surface area contributed by atoms with Crippen molar-refractivity contribution in [3.63, 3.8) is 0 Å². The first-order valence-electron chi connectivity index (χ1n) is 6.46. The Morgan fingerprint density at radius 2 is 2.16 bits per heavy atom. The molecule has 1 saturated heterocycles. The van der Waals surface area contributed by atoms with Crippen LogP contribution in [0.15, 0.2) is 35.4 Å². The summed E-state index contributed by atoms with van der Waals surface area (Å²) < 4.78 is 5.19. The first-order chi connectivity index (χ1) is 9.11. The zero-order chi connectivity index (χ0) is 13.8. The average molecular weight is 260 g/mol. The monoisotopic (exact) mass is 260 g/mol. The van der Waals surface area contributed by atoms with Gasteiger partial charge in [0, 0.05) is 18.7 Å². The van der Waals surface area contributed by atoms with Crippen LogP contribution < -0.4 is 15.4 Å². The van der Waals surface area contributed by atoms with Crippen LogP contribution in [-0.4, -0.2) is 26.1 Å². The van der Waals surface area contributed by atoms with E-state index in [1.807, 2.05) is 38.1 Å². The Balaban J connectivity index is 2.04. The van der Waals surface area contributed by atoms with Crippen LogP contribution in [-0.2, 0) is 4.79 Å². The number of rotatable bonds is 4. The maximum atomic E-state index is 12.1. The van der Waals surface area contributed by atoms with E-state index in [0.717, 1.165) is 30.0 Å². The van der Waals surface area contributed by atoms with Crippen molar-refractivity contribution in [3.8, 4) is 5.75 Å². The predicted octanol–water partition coefficient (Wildman–Crippen LogP) is 1.79. The van der Waals surface area contributed by atoms with Crippen molar-refractivity contribution >= 4 is 5.91 Å². The maximum absolute atomic E-state index is 12.1. The minimum Gasteiger partial charge on any atom is -0.497 e. The van der Waals surface area contributed by atoms with E-state index in [-0.39, 0.29) is 11.9 Å². The topological polar surface area (TPSA) is 50.4 Å². The third-order valence-corrected chi connectivity index (χ3v) is 3.49. The van der Waals surface area contributed by atoms with E-state index >= 15 is 0 Å². The molecule has 0 aromatic heterocycles. The summed E-state index contributed by atoms with van der Waals surface area (Å²) in [6, 6.07) is 7.72. The lowest BCUT2D eigenvalue weighted by atomic mass is 10.0. The highest BCUT2D eigenvalue weighted by molar-refractivity contribution is 5.94. The molecule has 4 heteroatoms. The second kappa shape index (κ2) is 5.89. The zero-order valence-electron chi connectivity index (χ0n) is 11.6. The summed E-state index contributed by atoms with van der Waals surface area (Å²) in [5.41, 5.74) is 3.06. The number of carbonyl (C=O) groups excluding carboxylic acids is 1. The van der Waals surface area contributed by atoms with E-state index in [9.17, 15) is 4.79 Å². The number of hydrogen-bond acceptors (Lipinski definition) is 3. The number of carbonyl (C=O) groups is 1. The Labute approximate surface area is 113 Å². The molecular formula is C15H20N2O2. The summed E-state index contributed by atoms with van der Waals surface area (Å²) in [5, 5.41) is 6.16. The van der Waals surface area contributed by atoms with Gasteiger partial charge in [0.2, 0.25) is 5.91 Å². The van der Waals surface area contributed by atoms with Gasteiger partial charge >= 0.3 is 0 Å². The summed E-state index contributed by atoms with van der Waals surface area (Å²) in [6.45, 7) is 5.51. The summed E-state index contributed by atoms with van der Waals surface area (Å²) in [6.07, 6.45) is 0. The van der Waals surface area contributed by atoms with Crippen molar-refractivity contribution in [2.45, 2.75) is 19.9 Å². The van der Waals surface area contributed by atoms with E-state index < -0.39 is 0 Å². The number of ether oxygens (including phenoxy) is 1. The normalized spacial score (nSPS) is 15.4. The van der Waals surface area contributed by atoms with Gasteiger partial charge in [-0.3, -0.25) is 4.79 Å². The largest absolute Gasteiger partial charge is 0.497 e. The Bertz CT molecular complexity index is 503. The third-order valence-electron chi connectivity index (χ3n) is 3.49. The first-order valence-corrected chi connectivity index (χ1v) is 6.46. The van der Waals surface area contributed by atoms with E-state index in [1.165, 1.54) is 5.57 Å². The van der Waals surface area contributed by atoms with Crippen molar-refractivity contribution in [2.24, 2.45) is 0 Å². The molecule has 1 aromatic rings. The van der Waals surface area contributed by atoms with Gasteiger partial charge in [-0.15, -0.1) is 0 Å². The smallest absolute Gasteiger partial charge is 0.247 e. The predicted molar refractivity (Wildman–Crippen MR) is 75.1 cm³/mol. The van der Waals surface area contributed by atoms with Gasteiger partial charge in [-0.2, -0.15) is 0 Å². The number of amides is 1. The highest BCUT2D eigenvalue weighted by Crippen LogP contribution is 2.19. The second-order valence-electron chi connectivity index (χ2n) is 4.80. The highest BCUT2D eigenvalue weighted by atomic mass is 16.5.